The van der Waals surface area contributed by atoms with Crippen molar-refractivity contribution in [3.8, 4) is 0 Å². The summed E-state index contributed by atoms with van der Waals surface area (Å²) in [5.74, 6) is 3.19. The number of carbonyl (C=O) groups is 1. The molecule has 156 valence electrons. The van der Waals surface area contributed by atoms with Gasteiger partial charge in [-0.2, -0.15) is 0 Å². The van der Waals surface area contributed by atoms with Crippen LogP contribution in [0.2, 0.25) is 0 Å². The van der Waals surface area contributed by atoms with Gasteiger partial charge in [0.05, 0.1) is 0 Å². The highest BCUT2D eigenvalue weighted by atomic mass is 16.2. The minimum absolute atomic E-state index is 0.129. The molecule has 2 fully saturated rings. The Morgan fingerprint density at radius 3 is 2.14 bits per heavy atom. The number of nitrogens with zero attached hydrogens (tertiary/aromatic N) is 4. The number of carbonyl (C=O) groups excluding carboxylic acids is 1. The van der Waals surface area contributed by atoms with Crippen molar-refractivity contribution in [1.82, 2.24) is 19.8 Å². The van der Waals surface area contributed by atoms with Crippen LogP contribution in [-0.4, -0.2) is 58.4 Å². The SMILES string of the molecule is CC(C)C(=O)N1CCC(CCN2CCC(c3cnc(C(C)C)nc3)CC2)CC1. The topological polar surface area (TPSA) is 49.3 Å². The molecular formula is C23H38N4O. The van der Waals surface area contributed by atoms with Gasteiger partial charge in [-0.05, 0) is 69.1 Å². The summed E-state index contributed by atoms with van der Waals surface area (Å²) in [6.45, 7) is 13.8. The largest absolute Gasteiger partial charge is 0.342 e. The van der Waals surface area contributed by atoms with Gasteiger partial charge in [0.2, 0.25) is 5.91 Å². The summed E-state index contributed by atoms with van der Waals surface area (Å²) in [5.41, 5.74) is 1.31. The molecule has 2 aliphatic heterocycles. The molecule has 1 aromatic rings. The average Bonchev–Trinajstić information content (AvgIpc) is 2.72. The van der Waals surface area contributed by atoms with Gasteiger partial charge in [0.25, 0.3) is 0 Å². The third-order valence-corrected chi connectivity index (χ3v) is 6.54. The van der Waals surface area contributed by atoms with Gasteiger partial charge < -0.3 is 9.80 Å². The number of piperidine rings is 2. The molecule has 3 rings (SSSR count). The van der Waals surface area contributed by atoms with Gasteiger partial charge in [-0.15, -0.1) is 0 Å². The van der Waals surface area contributed by atoms with Crippen molar-refractivity contribution in [2.75, 3.05) is 32.7 Å². The van der Waals surface area contributed by atoms with E-state index in [1.807, 2.05) is 13.8 Å². The number of hydrogen-bond donors (Lipinski definition) is 0. The molecule has 5 nitrogen and oxygen atoms in total. The lowest BCUT2D eigenvalue weighted by atomic mass is 9.89. The normalized spacial score (nSPS) is 20.3. The van der Waals surface area contributed by atoms with Crippen molar-refractivity contribution in [3.63, 3.8) is 0 Å². The highest BCUT2D eigenvalue weighted by Crippen LogP contribution is 2.29. The van der Waals surface area contributed by atoms with Crippen LogP contribution >= 0.6 is 0 Å². The van der Waals surface area contributed by atoms with E-state index in [0.29, 0.717) is 17.7 Å². The predicted octanol–water partition coefficient (Wildman–Crippen LogP) is 4.06. The van der Waals surface area contributed by atoms with E-state index in [9.17, 15) is 4.79 Å². The van der Waals surface area contributed by atoms with Gasteiger partial charge in [-0.25, -0.2) is 9.97 Å². The first kappa shape index (κ1) is 21.2. The molecule has 1 aromatic heterocycles. The monoisotopic (exact) mass is 386 g/mol. The average molecular weight is 387 g/mol. The predicted molar refractivity (Wildman–Crippen MR) is 113 cm³/mol. The molecule has 0 saturated carbocycles. The van der Waals surface area contributed by atoms with E-state index in [4.69, 9.17) is 0 Å². The first-order chi connectivity index (χ1) is 13.4. The molecule has 0 aromatic carbocycles. The zero-order chi connectivity index (χ0) is 20.1. The Morgan fingerprint density at radius 2 is 1.61 bits per heavy atom. The minimum atomic E-state index is 0.129. The van der Waals surface area contributed by atoms with E-state index >= 15 is 0 Å². The first-order valence-electron chi connectivity index (χ1n) is 11.3. The maximum Gasteiger partial charge on any atom is 0.225 e. The molecule has 3 heterocycles. The van der Waals surface area contributed by atoms with Gasteiger partial charge in [0.15, 0.2) is 0 Å². The van der Waals surface area contributed by atoms with E-state index in [1.54, 1.807) is 0 Å². The molecule has 5 heteroatoms. The van der Waals surface area contributed by atoms with Crippen LogP contribution in [0.1, 0.15) is 83.0 Å². The lowest BCUT2D eigenvalue weighted by molar-refractivity contribution is -0.135. The summed E-state index contributed by atoms with van der Waals surface area (Å²) in [4.78, 5) is 25.9. The van der Waals surface area contributed by atoms with Crippen molar-refractivity contribution in [3.05, 3.63) is 23.8 Å². The molecule has 0 spiro atoms. The van der Waals surface area contributed by atoms with Gasteiger partial charge >= 0.3 is 0 Å². The minimum Gasteiger partial charge on any atom is -0.342 e. The summed E-state index contributed by atoms with van der Waals surface area (Å²) in [6.07, 6.45) is 10.2. The van der Waals surface area contributed by atoms with Gasteiger partial charge in [-0.1, -0.05) is 27.7 Å². The van der Waals surface area contributed by atoms with Crippen molar-refractivity contribution in [2.45, 2.75) is 71.6 Å². The van der Waals surface area contributed by atoms with Crippen LogP contribution in [0.15, 0.2) is 12.4 Å². The summed E-state index contributed by atoms with van der Waals surface area (Å²) < 4.78 is 0. The fourth-order valence-corrected chi connectivity index (χ4v) is 4.52. The zero-order valence-electron chi connectivity index (χ0n) is 18.2. The number of amides is 1. The smallest absolute Gasteiger partial charge is 0.225 e. The maximum absolute atomic E-state index is 12.1. The lowest BCUT2D eigenvalue weighted by Crippen LogP contribution is -2.41. The summed E-state index contributed by atoms with van der Waals surface area (Å²) in [5, 5.41) is 0. The van der Waals surface area contributed by atoms with Crippen LogP contribution in [0.4, 0.5) is 0 Å². The third kappa shape index (κ3) is 5.53. The molecule has 0 aliphatic carbocycles. The van der Waals surface area contributed by atoms with E-state index in [1.165, 1.54) is 57.3 Å². The van der Waals surface area contributed by atoms with Gasteiger partial charge in [-0.3, -0.25) is 4.79 Å². The summed E-state index contributed by atoms with van der Waals surface area (Å²) >= 11 is 0. The van der Waals surface area contributed by atoms with E-state index in [0.717, 1.165) is 24.8 Å². The highest BCUT2D eigenvalue weighted by Gasteiger charge is 2.26. The first-order valence-corrected chi connectivity index (χ1v) is 11.3. The van der Waals surface area contributed by atoms with Crippen LogP contribution in [0.5, 0.6) is 0 Å². The van der Waals surface area contributed by atoms with Crippen LogP contribution in [0.25, 0.3) is 0 Å². The second-order valence-electron chi connectivity index (χ2n) is 9.36. The van der Waals surface area contributed by atoms with E-state index in [-0.39, 0.29) is 5.92 Å². The Balaban J connectivity index is 1.36. The van der Waals surface area contributed by atoms with E-state index in [2.05, 4.69) is 46.0 Å². The molecule has 2 aliphatic rings. The number of aromatic nitrogens is 2. The van der Waals surface area contributed by atoms with Crippen LogP contribution < -0.4 is 0 Å². The Hall–Kier alpha value is -1.49. The fourth-order valence-electron chi connectivity index (χ4n) is 4.52. The standard InChI is InChI=1S/C23H38N4O/c1-17(2)22-24-15-21(16-25-22)20-8-11-26(12-9-20)10-5-19-6-13-27(14-7-19)23(28)18(3)4/h15-20H,5-14H2,1-4H3. The Labute approximate surface area is 170 Å². The molecule has 0 radical (unpaired) electrons. The highest BCUT2D eigenvalue weighted by molar-refractivity contribution is 5.78. The molecular weight excluding hydrogens is 348 g/mol. The number of likely N-dealkylation sites (tertiary alicyclic amines) is 2. The third-order valence-electron chi connectivity index (χ3n) is 6.54. The fraction of sp³-hybridized carbons (Fsp3) is 0.783. The molecule has 0 atom stereocenters. The molecule has 0 N–H and O–H groups in total. The Morgan fingerprint density at radius 1 is 1.00 bits per heavy atom. The summed E-state index contributed by atoms with van der Waals surface area (Å²) in [6, 6.07) is 0. The molecule has 2 saturated heterocycles. The zero-order valence-corrected chi connectivity index (χ0v) is 18.2. The van der Waals surface area contributed by atoms with Gasteiger partial charge in [0, 0.05) is 37.3 Å². The molecule has 1 amide bonds. The van der Waals surface area contributed by atoms with Crippen molar-refractivity contribution in [2.24, 2.45) is 11.8 Å². The maximum atomic E-state index is 12.1. The Kier molecular flexibility index (Phi) is 7.44. The van der Waals surface area contributed by atoms with Crippen molar-refractivity contribution < 1.29 is 4.79 Å². The van der Waals surface area contributed by atoms with Crippen molar-refractivity contribution >= 4 is 5.91 Å². The second-order valence-corrected chi connectivity index (χ2v) is 9.36. The summed E-state index contributed by atoms with van der Waals surface area (Å²) in [7, 11) is 0. The number of hydrogen-bond acceptors (Lipinski definition) is 4. The number of rotatable bonds is 6. The van der Waals surface area contributed by atoms with E-state index < -0.39 is 0 Å². The quantitative estimate of drug-likeness (QED) is 0.740. The van der Waals surface area contributed by atoms with Crippen LogP contribution in [-0.2, 0) is 4.79 Å². The van der Waals surface area contributed by atoms with Gasteiger partial charge in [0.1, 0.15) is 5.82 Å². The molecule has 28 heavy (non-hydrogen) atoms. The molecule has 0 bridgehead atoms. The van der Waals surface area contributed by atoms with Crippen molar-refractivity contribution in [1.29, 1.82) is 0 Å². The Bertz CT molecular complexity index is 612. The van der Waals surface area contributed by atoms with Crippen LogP contribution in [0, 0.1) is 11.8 Å². The lowest BCUT2D eigenvalue weighted by Gasteiger charge is -2.36. The molecule has 0 unspecified atom stereocenters. The van der Waals surface area contributed by atoms with Crippen LogP contribution in [0.3, 0.4) is 0 Å². The second kappa shape index (κ2) is 9.82.